The van der Waals surface area contributed by atoms with Gasteiger partial charge in [-0.25, -0.2) is 0 Å². The number of hydrogen-bond acceptors (Lipinski definition) is 4. The Bertz CT molecular complexity index is 653. The van der Waals surface area contributed by atoms with E-state index in [1.807, 2.05) is 37.3 Å². The molecule has 1 atom stereocenters. The van der Waals surface area contributed by atoms with Crippen molar-refractivity contribution in [2.24, 2.45) is 0 Å². The predicted octanol–water partition coefficient (Wildman–Crippen LogP) is 1.53. The van der Waals surface area contributed by atoms with Gasteiger partial charge in [0.25, 0.3) is 5.91 Å². The van der Waals surface area contributed by atoms with Crippen LogP contribution in [0.2, 0.25) is 0 Å². The van der Waals surface area contributed by atoms with Gasteiger partial charge < -0.3 is 14.2 Å². The third kappa shape index (κ3) is 3.01. The lowest BCUT2D eigenvalue weighted by Gasteiger charge is -2.29. The summed E-state index contributed by atoms with van der Waals surface area (Å²) in [7, 11) is 0. The van der Waals surface area contributed by atoms with Gasteiger partial charge in [0, 0.05) is 13.1 Å². The summed E-state index contributed by atoms with van der Waals surface area (Å²) in [5.41, 5.74) is 1.07. The molecular formula is C16H20N4O2. The fourth-order valence-corrected chi connectivity index (χ4v) is 2.62. The minimum Gasteiger partial charge on any atom is -0.364 e. The van der Waals surface area contributed by atoms with Crippen LogP contribution in [0, 0.1) is 6.92 Å². The van der Waals surface area contributed by atoms with Crippen LogP contribution in [0.5, 0.6) is 0 Å². The second kappa shape index (κ2) is 6.27. The molecule has 2 heterocycles. The first kappa shape index (κ1) is 14.7. The van der Waals surface area contributed by atoms with Crippen molar-refractivity contribution in [3.05, 3.63) is 47.5 Å². The summed E-state index contributed by atoms with van der Waals surface area (Å²) in [4.78, 5) is 14.3. The smallest absolute Gasteiger partial charge is 0.251 e. The average molecular weight is 300 g/mol. The van der Waals surface area contributed by atoms with E-state index in [-0.39, 0.29) is 5.91 Å². The summed E-state index contributed by atoms with van der Waals surface area (Å²) >= 11 is 0. The monoisotopic (exact) mass is 300 g/mol. The maximum Gasteiger partial charge on any atom is 0.251 e. The molecule has 116 valence electrons. The van der Waals surface area contributed by atoms with Crippen molar-refractivity contribution in [3.8, 4) is 0 Å². The lowest BCUT2D eigenvalue weighted by atomic mass is 10.2. The molecule has 0 unspecified atom stereocenters. The van der Waals surface area contributed by atoms with E-state index in [0.29, 0.717) is 19.7 Å². The van der Waals surface area contributed by atoms with Crippen molar-refractivity contribution < 1.29 is 9.53 Å². The molecule has 0 radical (unpaired) electrons. The topological polar surface area (TPSA) is 60.2 Å². The van der Waals surface area contributed by atoms with Crippen LogP contribution < -0.4 is 0 Å². The molecule has 3 rings (SSSR count). The molecule has 0 fully saturated rings. The van der Waals surface area contributed by atoms with Crippen molar-refractivity contribution in [2.75, 3.05) is 6.54 Å². The van der Waals surface area contributed by atoms with E-state index in [0.717, 1.165) is 23.8 Å². The molecule has 6 heteroatoms. The van der Waals surface area contributed by atoms with Gasteiger partial charge in [-0.3, -0.25) is 4.79 Å². The van der Waals surface area contributed by atoms with Gasteiger partial charge in [-0.2, -0.15) is 0 Å². The summed E-state index contributed by atoms with van der Waals surface area (Å²) < 4.78 is 7.76. The standard InChI is InChI=1S/C16H20N4O2/c1-12(22-11-14-6-4-3-5-7-14)16(21)19-8-9-20-13(2)17-18-15(20)10-19/h3-7,12H,8-11H2,1-2H3/t12-/m0/s1. The third-order valence-electron chi connectivity index (χ3n) is 3.94. The number of aryl methyl sites for hydroxylation is 1. The zero-order valence-corrected chi connectivity index (χ0v) is 12.9. The van der Waals surface area contributed by atoms with E-state index in [1.165, 1.54) is 0 Å². The van der Waals surface area contributed by atoms with Gasteiger partial charge in [0.1, 0.15) is 11.9 Å². The Morgan fingerprint density at radius 3 is 2.82 bits per heavy atom. The SMILES string of the molecule is Cc1nnc2n1CCN(C(=O)[C@H](C)OCc1ccccc1)C2. The Morgan fingerprint density at radius 1 is 1.27 bits per heavy atom. The molecule has 1 aromatic carbocycles. The molecule has 22 heavy (non-hydrogen) atoms. The quantitative estimate of drug-likeness (QED) is 0.859. The minimum absolute atomic E-state index is 0.00262. The average Bonchev–Trinajstić information content (AvgIpc) is 2.93. The van der Waals surface area contributed by atoms with Crippen LogP contribution in [0.4, 0.5) is 0 Å². The lowest BCUT2D eigenvalue weighted by molar-refractivity contribution is -0.145. The first-order valence-electron chi connectivity index (χ1n) is 7.48. The summed E-state index contributed by atoms with van der Waals surface area (Å²) in [5.74, 6) is 1.74. The Kier molecular flexibility index (Phi) is 4.20. The fourth-order valence-electron chi connectivity index (χ4n) is 2.62. The molecule has 0 saturated carbocycles. The minimum atomic E-state index is -0.462. The lowest BCUT2D eigenvalue weighted by Crippen LogP contribution is -2.43. The molecule has 6 nitrogen and oxygen atoms in total. The van der Waals surface area contributed by atoms with Gasteiger partial charge in [0.15, 0.2) is 5.82 Å². The highest BCUT2D eigenvalue weighted by atomic mass is 16.5. The third-order valence-corrected chi connectivity index (χ3v) is 3.94. The van der Waals surface area contributed by atoms with E-state index >= 15 is 0 Å². The number of carbonyl (C=O) groups excluding carboxylic acids is 1. The van der Waals surface area contributed by atoms with Crippen LogP contribution in [0.15, 0.2) is 30.3 Å². The first-order chi connectivity index (χ1) is 10.6. The Morgan fingerprint density at radius 2 is 2.05 bits per heavy atom. The van der Waals surface area contributed by atoms with E-state index < -0.39 is 6.10 Å². The first-order valence-corrected chi connectivity index (χ1v) is 7.48. The van der Waals surface area contributed by atoms with Crippen molar-refractivity contribution in [1.29, 1.82) is 0 Å². The molecule has 0 aliphatic carbocycles. The number of nitrogens with zero attached hydrogens (tertiary/aromatic N) is 4. The van der Waals surface area contributed by atoms with Crippen LogP contribution >= 0.6 is 0 Å². The largest absolute Gasteiger partial charge is 0.364 e. The summed E-state index contributed by atoms with van der Waals surface area (Å²) in [6.07, 6.45) is -0.462. The van der Waals surface area contributed by atoms with E-state index in [2.05, 4.69) is 14.8 Å². The summed E-state index contributed by atoms with van der Waals surface area (Å²) in [6.45, 7) is 6.08. The molecule has 0 saturated heterocycles. The Hall–Kier alpha value is -2.21. The number of rotatable bonds is 4. The molecule has 2 aromatic rings. The van der Waals surface area contributed by atoms with Gasteiger partial charge in [-0.15, -0.1) is 10.2 Å². The predicted molar refractivity (Wildman–Crippen MR) is 80.9 cm³/mol. The highest BCUT2D eigenvalue weighted by molar-refractivity contribution is 5.80. The van der Waals surface area contributed by atoms with Gasteiger partial charge in [0.05, 0.1) is 13.2 Å². The van der Waals surface area contributed by atoms with Crippen molar-refractivity contribution >= 4 is 5.91 Å². The van der Waals surface area contributed by atoms with Crippen LogP contribution in [0.3, 0.4) is 0 Å². The van der Waals surface area contributed by atoms with Crippen LogP contribution in [0.25, 0.3) is 0 Å². The zero-order chi connectivity index (χ0) is 15.5. The number of aromatic nitrogens is 3. The zero-order valence-electron chi connectivity index (χ0n) is 12.9. The molecule has 1 aliphatic heterocycles. The van der Waals surface area contributed by atoms with Gasteiger partial charge >= 0.3 is 0 Å². The summed E-state index contributed by atoms with van der Waals surface area (Å²) in [5, 5.41) is 8.18. The Balaban J connectivity index is 1.57. The molecular weight excluding hydrogens is 280 g/mol. The molecule has 0 N–H and O–H groups in total. The highest BCUT2D eigenvalue weighted by Gasteiger charge is 2.26. The number of carbonyl (C=O) groups is 1. The van der Waals surface area contributed by atoms with Crippen molar-refractivity contribution in [1.82, 2.24) is 19.7 Å². The maximum atomic E-state index is 12.5. The van der Waals surface area contributed by atoms with Gasteiger partial charge in [-0.1, -0.05) is 30.3 Å². The van der Waals surface area contributed by atoms with Crippen LogP contribution in [0.1, 0.15) is 24.1 Å². The number of ether oxygens (including phenoxy) is 1. The normalized spacial score (nSPS) is 15.5. The van der Waals surface area contributed by atoms with E-state index in [4.69, 9.17) is 4.74 Å². The molecule has 1 aromatic heterocycles. The maximum absolute atomic E-state index is 12.5. The second-order valence-electron chi connectivity index (χ2n) is 5.51. The summed E-state index contributed by atoms with van der Waals surface area (Å²) in [6, 6.07) is 9.87. The molecule has 0 spiro atoms. The van der Waals surface area contributed by atoms with Crippen LogP contribution in [-0.4, -0.2) is 38.2 Å². The molecule has 1 amide bonds. The Labute approximate surface area is 129 Å². The number of hydrogen-bond donors (Lipinski definition) is 0. The molecule has 1 aliphatic rings. The van der Waals surface area contributed by atoms with E-state index in [9.17, 15) is 4.79 Å². The van der Waals surface area contributed by atoms with Gasteiger partial charge in [0.2, 0.25) is 0 Å². The van der Waals surface area contributed by atoms with Crippen molar-refractivity contribution in [3.63, 3.8) is 0 Å². The number of fused-ring (bicyclic) bond motifs is 1. The highest BCUT2D eigenvalue weighted by Crippen LogP contribution is 2.14. The molecule has 0 bridgehead atoms. The second-order valence-corrected chi connectivity index (χ2v) is 5.51. The van der Waals surface area contributed by atoms with Gasteiger partial charge in [-0.05, 0) is 19.4 Å². The number of benzene rings is 1. The van der Waals surface area contributed by atoms with Crippen LogP contribution in [-0.2, 0) is 29.2 Å². The number of amides is 1. The fraction of sp³-hybridized carbons (Fsp3) is 0.438. The van der Waals surface area contributed by atoms with E-state index in [1.54, 1.807) is 11.8 Å². The van der Waals surface area contributed by atoms with Crippen molar-refractivity contribution in [2.45, 2.75) is 39.6 Å².